The first kappa shape index (κ1) is 18.6. The summed E-state index contributed by atoms with van der Waals surface area (Å²) >= 11 is 0. The molecule has 3 atom stereocenters. The van der Waals surface area contributed by atoms with Crippen LogP contribution in [-0.2, 0) is 17.6 Å². The van der Waals surface area contributed by atoms with Crippen LogP contribution in [0, 0.1) is 17.6 Å². The Morgan fingerprint density at radius 1 is 1.20 bits per heavy atom. The number of ketones is 1. The molecule has 5 rings (SSSR count). The van der Waals surface area contributed by atoms with Gasteiger partial charge in [0.15, 0.2) is 5.78 Å². The number of aromatic amines is 1. The molecular formula is C22H18F2N4O2. The first-order valence-corrected chi connectivity index (χ1v) is 9.76. The Hall–Kier alpha value is -3.42. The van der Waals surface area contributed by atoms with E-state index in [2.05, 4.69) is 20.5 Å². The maximum atomic E-state index is 14.2. The van der Waals surface area contributed by atoms with Crippen molar-refractivity contribution in [1.29, 1.82) is 0 Å². The van der Waals surface area contributed by atoms with Gasteiger partial charge in [0.2, 0.25) is 5.82 Å². The maximum Gasteiger partial charge on any atom is 0.291 e. The lowest BCUT2D eigenvalue weighted by atomic mass is 9.99. The smallest absolute Gasteiger partial charge is 0.291 e. The molecule has 0 aliphatic heterocycles. The van der Waals surface area contributed by atoms with Crippen LogP contribution in [0.4, 0.5) is 8.78 Å². The number of benzene rings is 2. The molecule has 0 spiro atoms. The lowest BCUT2D eigenvalue weighted by molar-refractivity contribution is -0.120. The second-order valence-corrected chi connectivity index (χ2v) is 7.82. The quantitative estimate of drug-likeness (QED) is 0.695. The summed E-state index contributed by atoms with van der Waals surface area (Å²) in [6, 6.07) is 10.9. The van der Waals surface area contributed by atoms with E-state index in [0.717, 1.165) is 11.6 Å². The highest BCUT2D eigenvalue weighted by molar-refractivity contribution is 5.97. The Balaban J connectivity index is 1.32. The Morgan fingerprint density at radius 2 is 2.00 bits per heavy atom. The van der Waals surface area contributed by atoms with Gasteiger partial charge >= 0.3 is 0 Å². The number of H-pyrrole nitrogens is 1. The van der Waals surface area contributed by atoms with Gasteiger partial charge < -0.3 is 5.32 Å². The van der Waals surface area contributed by atoms with Gasteiger partial charge in [-0.2, -0.15) is 0 Å². The van der Waals surface area contributed by atoms with Crippen molar-refractivity contribution >= 4 is 11.7 Å². The van der Waals surface area contributed by atoms with Gasteiger partial charge in [-0.3, -0.25) is 14.7 Å². The highest BCUT2D eigenvalue weighted by atomic mass is 19.1. The molecule has 1 aromatic heterocycles. The van der Waals surface area contributed by atoms with Crippen molar-refractivity contribution in [3.63, 3.8) is 0 Å². The van der Waals surface area contributed by atoms with Crippen molar-refractivity contribution in [1.82, 2.24) is 20.5 Å². The Bertz CT molecular complexity index is 1150. The van der Waals surface area contributed by atoms with E-state index < -0.39 is 23.6 Å². The monoisotopic (exact) mass is 408 g/mol. The van der Waals surface area contributed by atoms with Crippen LogP contribution in [-0.4, -0.2) is 32.9 Å². The summed E-state index contributed by atoms with van der Waals surface area (Å²) in [5.74, 6) is -2.05. The topological polar surface area (TPSA) is 87.7 Å². The summed E-state index contributed by atoms with van der Waals surface area (Å²) in [5, 5.41) is 9.42. The van der Waals surface area contributed by atoms with E-state index in [0.29, 0.717) is 24.2 Å². The van der Waals surface area contributed by atoms with E-state index in [1.54, 1.807) is 0 Å². The van der Waals surface area contributed by atoms with Gasteiger partial charge in [0, 0.05) is 18.9 Å². The summed E-state index contributed by atoms with van der Waals surface area (Å²) in [6.07, 6.45) is 0.917. The molecule has 1 amide bonds. The number of carbonyl (C=O) groups excluding carboxylic acids is 2. The van der Waals surface area contributed by atoms with Crippen LogP contribution in [0.1, 0.15) is 45.5 Å². The predicted molar refractivity (Wildman–Crippen MR) is 103 cm³/mol. The number of fused-ring (bicyclic) bond motifs is 3. The molecule has 1 fully saturated rings. The zero-order valence-corrected chi connectivity index (χ0v) is 15.9. The van der Waals surface area contributed by atoms with Crippen molar-refractivity contribution in [3.05, 3.63) is 82.4 Å². The SMILES string of the molecule is O=C(N[C@@H]1C(=O)Cc2c(F)cc(F)cc2[C@@H]2C[C@H]12)c1n[nH]c(Cc2ccccc2)n1. The van der Waals surface area contributed by atoms with Crippen molar-refractivity contribution in [3.8, 4) is 0 Å². The number of carbonyl (C=O) groups is 2. The van der Waals surface area contributed by atoms with Gasteiger partial charge in [-0.05, 0) is 41.0 Å². The normalized spacial score (nSPS) is 22.1. The van der Waals surface area contributed by atoms with Crippen LogP contribution in [0.5, 0.6) is 0 Å². The largest absolute Gasteiger partial charge is 0.339 e. The Labute approximate surface area is 170 Å². The fraction of sp³-hybridized carbons (Fsp3) is 0.273. The third kappa shape index (κ3) is 3.38. The first-order chi connectivity index (χ1) is 14.5. The van der Waals surface area contributed by atoms with Gasteiger partial charge in [-0.15, -0.1) is 5.10 Å². The average Bonchev–Trinajstić information content (AvgIpc) is 3.39. The molecule has 2 N–H and O–H groups in total. The van der Waals surface area contributed by atoms with E-state index in [4.69, 9.17) is 0 Å². The van der Waals surface area contributed by atoms with Crippen LogP contribution < -0.4 is 5.32 Å². The number of hydrogen-bond donors (Lipinski definition) is 2. The molecule has 30 heavy (non-hydrogen) atoms. The molecule has 0 unspecified atom stereocenters. The lowest BCUT2D eigenvalue weighted by Gasteiger charge is -2.15. The molecule has 2 aliphatic carbocycles. The molecule has 1 heterocycles. The van der Waals surface area contributed by atoms with Crippen LogP contribution >= 0.6 is 0 Å². The summed E-state index contributed by atoms with van der Waals surface area (Å²) in [5.41, 5.74) is 1.78. The fourth-order valence-electron chi connectivity index (χ4n) is 4.26. The fourth-order valence-corrected chi connectivity index (χ4v) is 4.26. The maximum absolute atomic E-state index is 14.2. The number of nitrogens with zero attached hydrogens (tertiary/aromatic N) is 2. The number of halogens is 2. The molecule has 0 radical (unpaired) electrons. The molecule has 1 saturated carbocycles. The van der Waals surface area contributed by atoms with Crippen LogP contribution in [0.15, 0.2) is 42.5 Å². The first-order valence-electron chi connectivity index (χ1n) is 9.76. The minimum absolute atomic E-state index is 0.0510. The molecule has 2 aromatic carbocycles. The number of nitrogens with one attached hydrogen (secondary N) is 2. The van der Waals surface area contributed by atoms with Crippen LogP contribution in [0.3, 0.4) is 0 Å². The van der Waals surface area contributed by atoms with Gasteiger partial charge in [0.25, 0.3) is 5.91 Å². The van der Waals surface area contributed by atoms with E-state index >= 15 is 0 Å². The highest BCUT2D eigenvalue weighted by Crippen LogP contribution is 2.53. The molecular weight excluding hydrogens is 390 g/mol. The van der Waals surface area contributed by atoms with E-state index in [9.17, 15) is 18.4 Å². The average molecular weight is 408 g/mol. The van der Waals surface area contributed by atoms with Crippen LogP contribution in [0.25, 0.3) is 0 Å². The van der Waals surface area contributed by atoms with E-state index in [1.807, 2.05) is 30.3 Å². The molecule has 8 heteroatoms. The second kappa shape index (κ2) is 7.12. The van der Waals surface area contributed by atoms with Gasteiger partial charge in [0.1, 0.15) is 17.5 Å². The summed E-state index contributed by atoms with van der Waals surface area (Å²) in [4.78, 5) is 29.6. The zero-order valence-electron chi connectivity index (χ0n) is 15.9. The van der Waals surface area contributed by atoms with Crippen molar-refractivity contribution in [2.75, 3.05) is 0 Å². The number of hydrogen-bond acceptors (Lipinski definition) is 4. The van der Waals surface area contributed by atoms with Crippen LogP contribution in [0.2, 0.25) is 0 Å². The predicted octanol–water partition coefficient (Wildman–Crippen LogP) is 2.70. The second-order valence-electron chi connectivity index (χ2n) is 7.82. The summed E-state index contributed by atoms with van der Waals surface area (Å²) in [6.45, 7) is 0. The molecule has 152 valence electrons. The highest BCUT2D eigenvalue weighted by Gasteiger charge is 2.51. The third-order valence-electron chi connectivity index (χ3n) is 5.80. The molecule has 2 aliphatic rings. The standard InChI is InChI=1S/C22H18F2N4O2/c23-12-7-13-14-9-16(14)20(18(29)10-15(13)17(24)8-12)26-22(30)21-25-19(27-28-21)6-11-4-2-1-3-5-11/h1-5,7-8,14,16,20H,6,9-10H2,(H,26,30)(H,25,27,28)/t14-,16-,20-/m0/s1. The van der Waals surface area contributed by atoms with Crippen molar-refractivity contribution in [2.45, 2.75) is 31.2 Å². The van der Waals surface area contributed by atoms with Gasteiger partial charge in [-0.1, -0.05) is 30.3 Å². The minimum atomic E-state index is -0.770. The van der Waals surface area contributed by atoms with Crippen molar-refractivity contribution in [2.24, 2.45) is 5.92 Å². The van der Waals surface area contributed by atoms with E-state index in [-0.39, 0.29) is 35.4 Å². The lowest BCUT2D eigenvalue weighted by Crippen LogP contribution is -2.43. The zero-order chi connectivity index (χ0) is 20.8. The number of aromatic nitrogens is 3. The third-order valence-corrected chi connectivity index (χ3v) is 5.80. The van der Waals surface area contributed by atoms with Crippen molar-refractivity contribution < 1.29 is 18.4 Å². The van der Waals surface area contributed by atoms with Gasteiger partial charge in [0.05, 0.1) is 6.04 Å². The number of rotatable bonds is 4. The summed E-state index contributed by atoms with van der Waals surface area (Å²) < 4.78 is 27.9. The molecule has 0 bridgehead atoms. The number of amides is 1. The Kier molecular flexibility index (Phi) is 4.42. The number of Topliss-reactive ketones (excluding diaryl/α,β-unsaturated/α-hetero) is 1. The Morgan fingerprint density at radius 3 is 2.80 bits per heavy atom. The molecule has 6 nitrogen and oxygen atoms in total. The van der Waals surface area contributed by atoms with Gasteiger partial charge in [-0.25, -0.2) is 13.8 Å². The minimum Gasteiger partial charge on any atom is -0.339 e. The molecule has 3 aromatic rings. The summed E-state index contributed by atoms with van der Waals surface area (Å²) in [7, 11) is 0. The molecule has 0 saturated heterocycles. The van der Waals surface area contributed by atoms with E-state index in [1.165, 1.54) is 6.07 Å².